The predicted molar refractivity (Wildman–Crippen MR) is 94.8 cm³/mol. The fraction of sp³-hybridized carbons (Fsp3) is 0.368. The Hall–Kier alpha value is -1.86. The molecule has 1 heterocycles. The van der Waals surface area contributed by atoms with E-state index >= 15 is 0 Å². The summed E-state index contributed by atoms with van der Waals surface area (Å²) in [6.07, 6.45) is -1.81. The molecule has 1 fully saturated rings. The van der Waals surface area contributed by atoms with Gasteiger partial charge in [-0.1, -0.05) is 18.2 Å². The van der Waals surface area contributed by atoms with Gasteiger partial charge in [0.25, 0.3) is 0 Å². The minimum Gasteiger partial charge on any atom is -0.317 e. The molecule has 0 spiro atoms. The van der Waals surface area contributed by atoms with Crippen LogP contribution in [0.1, 0.15) is 29.9 Å². The molecule has 0 radical (unpaired) electrons. The summed E-state index contributed by atoms with van der Waals surface area (Å²) in [6, 6.07) is 10.1. The molecule has 2 aromatic rings. The number of hydrogen-bond donors (Lipinski definition) is 1. The summed E-state index contributed by atoms with van der Waals surface area (Å²) in [5.74, 6) is 0.0652. The van der Waals surface area contributed by atoms with Gasteiger partial charge in [0, 0.05) is 6.26 Å². The van der Waals surface area contributed by atoms with Crippen LogP contribution < -0.4 is 5.32 Å². The number of sulfone groups is 1. The molecule has 3 rings (SSSR count). The predicted octanol–water partition coefficient (Wildman–Crippen LogP) is 4.24. The lowest BCUT2D eigenvalue weighted by Crippen LogP contribution is -2.26. The van der Waals surface area contributed by atoms with Crippen molar-refractivity contribution in [3.05, 3.63) is 53.6 Å². The quantitative estimate of drug-likeness (QED) is 0.862. The molecule has 7 heteroatoms. The number of benzene rings is 2. The summed E-state index contributed by atoms with van der Waals surface area (Å²) in [5, 5.41) is 3.21. The van der Waals surface area contributed by atoms with Gasteiger partial charge in [0.2, 0.25) is 0 Å². The van der Waals surface area contributed by atoms with E-state index in [9.17, 15) is 21.6 Å². The molecule has 0 saturated carbocycles. The molecule has 26 heavy (non-hydrogen) atoms. The summed E-state index contributed by atoms with van der Waals surface area (Å²) in [7, 11) is -3.43. The second-order valence-corrected chi connectivity index (χ2v) is 8.68. The van der Waals surface area contributed by atoms with Crippen molar-refractivity contribution in [1.82, 2.24) is 5.32 Å². The molecule has 1 aliphatic heterocycles. The highest BCUT2D eigenvalue weighted by Gasteiger charge is 2.32. The van der Waals surface area contributed by atoms with Gasteiger partial charge in [-0.3, -0.25) is 0 Å². The molecule has 3 nitrogen and oxygen atoms in total. The van der Waals surface area contributed by atoms with Gasteiger partial charge in [0.1, 0.15) is 0 Å². The molecular formula is C19H20F3NO2S. The first kappa shape index (κ1) is 18.9. The first-order valence-corrected chi connectivity index (χ1v) is 10.3. The zero-order chi connectivity index (χ0) is 18.9. The first-order chi connectivity index (χ1) is 12.1. The van der Waals surface area contributed by atoms with Gasteiger partial charge in [-0.2, -0.15) is 13.2 Å². The topological polar surface area (TPSA) is 46.2 Å². The molecule has 140 valence electrons. The highest BCUT2D eigenvalue weighted by molar-refractivity contribution is 7.90. The normalized spacial score (nSPS) is 16.6. The zero-order valence-corrected chi connectivity index (χ0v) is 15.1. The largest absolute Gasteiger partial charge is 0.416 e. The van der Waals surface area contributed by atoms with Crippen LogP contribution in [0.25, 0.3) is 11.1 Å². The number of nitrogens with one attached hydrogen (secondary N) is 1. The Balaban J connectivity index is 2.11. The second-order valence-electron chi connectivity index (χ2n) is 6.67. The molecule has 1 saturated heterocycles. The van der Waals surface area contributed by atoms with Gasteiger partial charge >= 0.3 is 6.18 Å². The van der Waals surface area contributed by atoms with Gasteiger partial charge < -0.3 is 5.32 Å². The van der Waals surface area contributed by atoms with Gasteiger partial charge in [0.15, 0.2) is 9.84 Å². The lowest BCUT2D eigenvalue weighted by Gasteiger charge is -2.24. The molecule has 2 aromatic carbocycles. The van der Waals surface area contributed by atoms with E-state index in [0.29, 0.717) is 16.7 Å². The number of rotatable bonds is 3. The molecule has 0 unspecified atom stereocenters. The van der Waals surface area contributed by atoms with E-state index in [-0.39, 0.29) is 10.8 Å². The van der Waals surface area contributed by atoms with Crippen molar-refractivity contribution in [2.24, 2.45) is 0 Å². The first-order valence-electron chi connectivity index (χ1n) is 8.38. The average Bonchev–Trinajstić information content (AvgIpc) is 2.61. The molecule has 0 aromatic heterocycles. The summed E-state index contributed by atoms with van der Waals surface area (Å²) in [5.41, 5.74) is 0.808. The van der Waals surface area contributed by atoms with Crippen molar-refractivity contribution in [1.29, 1.82) is 0 Å². The van der Waals surface area contributed by atoms with Crippen LogP contribution in [0.3, 0.4) is 0 Å². The lowest BCUT2D eigenvalue weighted by atomic mass is 9.87. The molecule has 0 bridgehead atoms. The lowest BCUT2D eigenvalue weighted by molar-refractivity contribution is -0.137. The number of hydrogen-bond acceptors (Lipinski definition) is 3. The Morgan fingerprint density at radius 2 is 1.69 bits per heavy atom. The Morgan fingerprint density at radius 1 is 1.00 bits per heavy atom. The Bertz CT molecular complexity index is 901. The van der Waals surface area contributed by atoms with E-state index < -0.39 is 21.6 Å². The Kier molecular flexibility index (Phi) is 5.12. The minimum absolute atomic E-state index is 0.0652. The molecule has 0 atom stereocenters. The highest BCUT2D eigenvalue weighted by atomic mass is 32.2. The van der Waals surface area contributed by atoms with Crippen molar-refractivity contribution in [2.75, 3.05) is 19.3 Å². The maximum Gasteiger partial charge on any atom is 0.416 e. The van der Waals surface area contributed by atoms with Crippen LogP contribution in [0.4, 0.5) is 13.2 Å². The maximum atomic E-state index is 13.4. The van der Waals surface area contributed by atoms with Crippen LogP contribution in [0.2, 0.25) is 0 Å². The second kappa shape index (κ2) is 7.04. The van der Waals surface area contributed by atoms with E-state index in [0.717, 1.165) is 38.3 Å². The van der Waals surface area contributed by atoms with Crippen molar-refractivity contribution in [2.45, 2.75) is 29.8 Å². The number of halogens is 3. The molecular weight excluding hydrogens is 363 g/mol. The highest BCUT2D eigenvalue weighted by Crippen LogP contribution is 2.37. The third-order valence-electron chi connectivity index (χ3n) is 4.69. The summed E-state index contributed by atoms with van der Waals surface area (Å²) in [4.78, 5) is 0.0934. The summed E-state index contributed by atoms with van der Waals surface area (Å²) >= 11 is 0. The van der Waals surface area contributed by atoms with Crippen LogP contribution >= 0.6 is 0 Å². The SMILES string of the molecule is CS(=O)(=O)c1cccc(-c2cc(C3CCNCC3)cc(C(F)(F)F)c2)c1. The summed E-state index contributed by atoms with van der Waals surface area (Å²) < 4.78 is 63.7. The van der Waals surface area contributed by atoms with Gasteiger partial charge in [-0.25, -0.2) is 8.42 Å². The molecule has 1 N–H and O–H groups in total. The third kappa shape index (κ3) is 4.27. The van der Waals surface area contributed by atoms with E-state index in [1.54, 1.807) is 18.2 Å². The zero-order valence-electron chi connectivity index (χ0n) is 14.3. The van der Waals surface area contributed by atoms with Crippen molar-refractivity contribution in [3.63, 3.8) is 0 Å². The summed E-state index contributed by atoms with van der Waals surface area (Å²) in [6.45, 7) is 1.56. The Morgan fingerprint density at radius 3 is 2.31 bits per heavy atom. The Labute approximate surface area is 151 Å². The third-order valence-corrected chi connectivity index (χ3v) is 5.80. The van der Waals surface area contributed by atoms with Crippen LogP contribution in [-0.4, -0.2) is 27.8 Å². The van der Waals surface area contributed by atoms with Crippen molar-refractivity contribution < 1.29 is 21.6 Å². The van der Waals surface area contributed by atoms with Crippen molar-refractivity contribution >= 4 is 9.84 Å². The molecule has 0 amide bonds. The molecule has 1 aliphatic rings. The molecule has 0 aliphatic carbocycles. The van der Waals surface area contributed by atoms with Crippen LogP contribution in [-0.2, 0) is 16.0 Å². The van der Waals surface area contributed by atoms with E-state index in [2.05, 4.69) is 5.32 Å². The fourth-order valence-corrected chi connectivity index (χ4v) is 3.95. The smallest absolute Gasteiger partial charge is 0.317 e. The van der Waals surface area contributed by atoms with Crippen LogP contribution in [0.5, 0.6) is 0 Å². The standard InChI is InChI=1S/C19H20F3NO2S/c1-26(24,25)18-4-2-3-14(12-18)16-9-15(13-5-7-23-8-6-13)10-17(11-16)19(20,21)22/h2-4,9-13,23H,5-8H2,1H3. The maximum absolute atomic E-state index is 13.4. The van der Waals surface area contributed by atoms with Gasteiger partial charge in [-0.15, -0.1) is 0 Å². The van der Waals surface area contributed by atoms with E-state index in [1.807, 2.05) is 0 Å². The van der Waals surface area contributed by atoms with Gasteiger partial charge in [0.05, 0.1) is 10.5 Å². The minimum atomic E-state index is -4.45. The van der Waals surface area contributed by atoms with Crippen LogP contribution in [0.15, 0.2) is 47.4 Å². The van der Waals surface area contributed by atoms with E-state index in [4.69, 9.17) is 0 Å². The van der Waals surface area contributed by atoms with Crippen molar-refractivity contribution in [3.8, 4) is 11.1 Å². The fourth-order valence-electron chi connectivity index (χ4n) is 3.28. The number of piperidine rings is 1. The van der Waals surface area contributed by atoms with Gasteiger partial charge in [-0.05, 0) is 72.8 Å². The van der Waals surface area contributed by atoms with Crippen LogP contribution in [0, 0.1) is 0 Å². The number of alkyl halides is 3. The average molecular weight is 383 g/mol. The van der Waals surface area contributed by atoms with E-state index in [1.165, 1.54) is 18.2 Å². The monoisotopic (exact) mass is 383 g/mol.